The van der Waals surface area contributed by atoms with Crippen LogP contribution in [-0.2, 0) is 13.0 Å². The van der Waals surface area contributed by atoms with Gasteiger partial charge in [0.15, 0.2) is 0 Å². The number of hydrogen-bond donors (Lipinski definition) is 2. The Morgan fingerprint density at radius 2 is 2.29 bits per heavy atom. The van der Waals surface area contributed by atoms with Crippen LogP contribution in [0.2, 0.25) is 0 Å². The number of imidazole rings is 1. The van der Waals surface area contributed by atoms with E-state index in [1.807, 2.05) is 18.3 Å². The summed E-state index contributed by atoms with van der Waals surface area (Å²) >= 11 is 0. The third-order valence-electron chi connectivity index (χ3n) is 3.19. The van der Waals surface area contributed by atoms with Crippen LogP contribution < -0.4 is 5.73 Å². The second-order valence-corrected chi connectivity index (χ2v) is 4.54. The molecule has 0 saturated heterocycles. The largest absolute Gasteiger partial charge is 0.508 e. The molecule has 1 aromatic carbocycles. The predicted molar refractivity (Wildman–Crippen MR) is 65.6 cm³/mol. The van der Waals surface area contributed by atoms with Crippen molar-refractivity contribution in [2.45, 2.75) is 25.4 Å². The standard InChI is InChI=1S/C13H15N3O/c14-10-4-5-16-8-12(15-13(16)7-10)9-2-1-3-11(17)6-9/h1-3,6,8,10,17H,4-5,7,14H2. The van der Waals surface area contributed by atoms with Gasteiger partial charge in [0.25, 0.3) is 0 Å². The van der Waals surface area contributed by atoms with E-state index in [0.29, 0.717) is 0 Å². The quantitative estimate of drug-likeness (QED) is 0.779. The fourth-order valence-electron chi connectivity index (χ4n) is 2.26. The third-order valence-corrected chi connectivity index (χ3v) is 3.19. The normalized spacial score (nSPS) is 19.0. The highest BCUT2D eigenvalue weighted by Crippen LogP contribution is 2.24. The van der Waals surface area contributed by atoms with Gasteiger partial charge in [0.1, 0.15) is 11.6 Å². The van der Waals surface area contributed by atoms with Crippen molar-refractivity contribution in [3.8, 4) is 17.0 Å². The maximum absolute atomic E-state index is 9.46. The van der Waals surface area contributed by atoms with E-state index in [1.165, 1.54) is 0 Å². The lowest BCUT2D eigenvalue weighted by molar-refractivity contribution is 0.463. The lowest BCUT2D eigenvalue weighted by Gasteiger charge is -2.18. The fourth-order valence-corrected chi connectivity index (χ4v) is 2.26. The highest BCUT2D eigenvalue weighted by molar-refractivity contribution is 5.60. The number of hydrogen-bond acceptors (Lipinski definition) is 3. The van der Waals surface area contributed by atoms with Gasteiger partial charge in [0.05, 0.1) is 5.69 Å². The van der Waals surface area contributed by atoms with Crippen LogP contribution in [0.25, 0.3) is 11.3 Å². The predicted octanol–water partition coefficient (Wildman–Crippen LogP) is 1.53. The molecule has 88 valence electrons. The molecule has 0 spiro atoms. The number of fused-ring (bicyclic) bond motifs is 1. The number of aromatic nitrogens is 2. The molecule has 0 radical (unpaired) electrons. The Kier molecular flexibility index (Phi) is 2.37. The molecule has 2 heterocycles. The molecule has 1 aliphatic heterocycles. The zero-order valence-corrected chi connectivity index (χ0v) is 9.50. The first-order valence-corrected chi connectivity index (χ1v) is 5.83. The van der Waals surface area contributed by atoms with Gasteiger partial charge in [-0.15, -0.1) is 0 Å². The number of phenolic OH excluding ortho intramolecular Hbond substituents is 1. The fraction of sp³-hybridized carbons (Fsp3) is 0.308. The van der Waals surface area contributed by atoms with Gasteiger partial charge in [-0.05, 0) is 18.6 Å². The summed E-state index contributed by atoms with van der Waals surface area (Å²) in [5.74, 6) is 1.31. The molecule has 2 aromatic rings. The molecule has 1 aromatic heterocycles. The number of phenols is 1. The number of nitrogens with zero attached hydrogens (tertiary/aromatic N) is 2. The van der Waals surface area contributed by atoms with Gasteiger partial charge >= 0.3 is 0 Å². The van der Waals surface area contributed by atoms with Gasteiger partial charge < -0.3 is 15.4 Å². The first-order valence-electron chi connectivity index (χ1n) is 5.83. The SMILES string of the molecule is NC1CCn2cc(-c3cccc(O)c3)nc2C1. The lowest BCUT2D eigenvalue weighted by atomic mass is 10.1. The van der Waals surface area contributed by atoms with Gasteiger partial charge in [-0.25, -0.2) is 4.98 Å². The number of benzene rings is 1. The molecule has 17 heavy (non-hydrogen) atoms. The molecule has 4 heteroatoms. The molecule has 0 amide bonds. The molecule has 1 unspecified atom stereocenters. The van der Waals surface area contributed by atoms with Crippen LogP contribution in [0, 0.1) is 0 Å². The molecule has 1 atom stereocenters. The summed E-state index contributed by atoms with van der Waals surface area (Å²) in [6.07, 6.45) is 3.87. The Hall–Kier alpha value is -1.81. The van der Waals surface area contributed by atoms with Crippen LogP contribution in [0.5, 0.6) is 5.75 Å². The Morgan fingerprint density at radius 1 is 1.41 bits per heavy atom. The van der Waals surface area contributed by atoms with Crippen molar-refractivity contribution >= 4 is 0 Å². The summed E-state index contributed by atoms with van der Waals surface area (Å²) in [7, 11) is 0. The monoisotopic (exact) mass is 229 g/mol. The molecular weight excluding hydrogens is 214 g/mol. The van der Waals surface area contributed by atoms with Crippen LogP contribution in [0.3, 0.4) is 0 Å². The smallest absolute Gasteiger partial charge is 0.116 e. The van der Waals surface area contributed by atoms with E-state index in [0.717, 1.165) is 36.5 Å². The minimum absolute atomic E-state index is 0.224. The van der Waals surface area contributed by atoms with E-state index in [1.54, 1.807) is 12.1 Å². The van der Waals surface area contributed by atoms with Crippen molar-refractivity contribution in [2.75, 3.05) is 0 Å². The molecule has 0 fully saturated rings. The summed E-state index contributed by atoms with van der Waals surface area (Å²) in [5, 5.41) is 9.46. The van der Waals surface area contributed by atoms with Crippen LogP contribution >= 0.6 is 0 Å². The number of aryl methyl sites for hydroxylation is 1. The Morgan fingerprint density at radius 3 is 3.12 bits per heavy atom. The van der Waals surface area contributed by atoms with E-state index in [2.05, 4.69) is 9.55 Å². The number of rotatable bonds is 1. The molecule has 0 aliphatic carbocycles. The van der Waals surface area contributed by atoms with Crippen LogP contribution in [0.4, 0.5) is 0 Å². The van der Waals surface area contributed by atoms with Crippen molar-refractivity contribution in [3.05, 3.63) is 36.3 Å². The summed E-state index contributed by atoms with van der Waals surface area (Å²) in [5.41, 5.74) is 7.78. The molecule has 3 rings (SSSR count). The van der Waals surface area contributed by atoms with Crippen LogP contribution in [0.15, 0.2) is 30.5 Å². The summed E-state index contributed by atoms with van der Waals surface area (Å²) in [6, 6.07) is 7.40. The lowest BCUT2D eigenvalue weighted by Crippen LogP contribution is -2.30. The zero-order valence-electron chi connectivity index (χ0n) is 9.50. The van der Waals surface area contributed by atoms with Crippen molar-refractivity contribution in [1.82, 2.24) is 9.55 Å². The maximum atomic E-state index is 9.46. The molecule has 0 bridgehead atoms. The number of nitrogens with two attached hydrogens (primary N) is 1. The first-order chi connectivity index (χ1) is 8.22. The van der Waals surface area contributed by atoms with Crippen LogP contribution in [0.1, 0.15) is 12.2 Å². The van der Waals surface area contributed by atoms with Crippen molar-refractivity contribution in [3.63, 3.8) is 0 Å². The summed E-state index contributed by atoms with van der Waals surface area (Å²) in [6.45, 7) is 0.933. The van der Waals surface area contributed by atoms with Gasteiger partial charge in [0, 0.05) is 30.8 Å². The van der Waals surface area contributed by atoms with Gasteiger partial charge in [-0.3, -0.25) is 0 Å². The second-order valence-electron chi connectivity index (χ2n) is 4.54. The maximum Gasteiger partial charge on any atom is 0.116 e. The highest BCUT2D eigenvalue weighted by atomic mass is 16.3. The molecule has 1 aliphatic rings. The minimum atomic E-state index is 0.224. The van der Waals surface area contributed by atoms with Gasteiger partial charge in [-0.1, -0.05) is 12.1 Å². The topological polar surface area (TPSA) is 64.1 Å². The summed E-state index contributed by atoms with van der Waals surface area (Å²) < 4.78 is 2.16. The van der Waals surface area contributed by atoms with Gasteiger partial charge in [0.2, 0.25) is 0 Å². The molecule has 4 nitrogen and oxygen atoms in total. The van der Waals surface area contributed by atoms with Crippen molar-refractivity contribution in [1.29, 1.82) is 0 Å². The van der Waals surface area contributed by atoms with Crippen molar-refractivity contribution in [2.24, 2.45) is 5.73 Å². The Bertz CT molecular complexity index is 547. The first kappa shape index (κ1) is 10.4. The zero-order chi connectivity index (χ0) is 11.8. The van der Waals surface area contributed by atoms with Gasteiger partial charge in [-0.2, -0.15) is 0 Å². The Balaban J connectivity index is 2.00. The molecule has 0 saturated carbocycles. The minimum Gasteiger partial charge on any atom is -0.508 e. The average molecular weight is 229 g/mol. The average Bonchev–Trinajstić information content (AvgIpc) is 2.72. The summed E-state index contributed by atoms with van der Waals surface area (Å²) in [4.78, 5) is 4.58. The van der Waals surface area contributed by atoms with E-state index >= 15 is 0 Å². The second kappa shape index (κ2) is 3.89. The van der Waals surface area contributed by atoms with Crippen molar-refractivity contribution < 1.29 is 5.11 Å². The van der Waals surface area contributed by atoms with Crippen LogP contribution in [-0.4, -0.2) is 20.7 Å². The van der Waals surface area contributed by atoms with E-state index < -0.39 is 0 Å². The number of aromatic hydroxyl groups is 1. The van der Waals surface area contributed by atoms with E-state index in [-0.39, 0.29) is 11.8 Å². The molecule has 3 N–H and O–H groups in total. The third kappa shape index (κ3) is 1.91. The van der Waals surface area contributed by atoms with E-state index in [9.17, 15) is 5.11 Å². The van der Waals surface area contributed by atoms with E-state index in [4.69, 9.17) is 5.73 Å². The highest BCUT2D eigenvalue weighted by Gasteiger charge is 2.18. The molecular formula is C13H15N3O. The Labute approximate surface area is 99.7 Å².